The number of pyridine rings is 1. The molecule has 0 fully saturated rings. The first-order chi connectivity index (χ1) is 5.38. The van der Waals surface area contributed by atoms with Crippen molar-refractivity contribution in [2.75, 3.05) is 0 Å². The Hall–Kier alpha value is -1.35. The van der Waals surface area contributed by atoms with Gasteiger partial charge in [0.15, 0.2) is 0 Å². The Balaban J connectivity index is 2.54. The highest BCUT2D eigenvalue weighted by Gasteiger charge is 2.02. The molecule has 2 N–H and O–H groups in total. The van der Waals surface area contributed by atoms with Gasteiger partial charge in [0.2, 0.25) is 0 Å². The van der Waals surface area contributed by atoms with Crippen LogP contribution in [0.4, 0.5) is 0 Å². The van der Waals surface area contributed by atoms with Crippen molar-refractivity contribution in [2.45, 2.75) is 6.17 Å². The Morgan fingerprint density at radius 3 is 3.27 bits per heavy atom. The number of rotatable bonds is 0. The SMILES string of the molecule is NC1[N-]C=Cc2cnccc21. The molecule has 11 heavy (non-hydrogen) atoms. The lowest BCUT2D eigenvalue weighted by atomic mass is 10.1. The van der Waals surface area contributed by atoms with E-state index in [0.29, 0.717) is 0 Å². The molecule has 1 aromatic rings. The molecule has 1 unspecified atom stereocenters. The van der Waals surface area contributed by atoms with E-state index in [-0.39, 0.29) is 6.17 Å². The fourth-order valence-electron chi connectivity index (χ4n) is 1.12. The molecule has 1 aliphatic heterocycles. The van der Waals surface area contributed by atoms with Crippen LogP contribution in [0.5, 0.6) is 0 Å². The van der Waals surface area contributed by atoms with E-state index in [2.05, 4.69) is 10.3 Å². The first kappa shape index (κ1) is 6.37. The Labute approximate surface area is 64.9 Å². The van der Waals surface area contributed by atoms with Gasteiger partial charge in [0.25, 0.3) is 0 Å². The van der Waals surface area contributed by atoms with E-state index < -0.39 is 0 Å². The smallest absolute Gasteiger partial charge is 0.0342 e. The molecular formula is C8H8N3-. The van der Waals surface area contributed by atoms with Crippen molar-refractivity contribution in [3.05, 3.63) is 41.1 Å². The molecule has 0 spiro atoms. The van der Waals surface area contributed by atoms with Gasteiger partial charge < -0.3 is 11.1 Å². The number of hydrogen-bond donors (Lipinski definition) is 1. The Morgan fingerprint density at radius 2 is 2.45 bits per heavy atom. The lowest BCUT2D eigenvalue weighted by Crippen LogP contribution is -2.11. The van der Waals surface area contributed by atoms with Crippen molar-refractivity contribution in [3.8, 4) is 0 Å². The molecule has 0 saturated carbocycles. The first-order valence-corrected chi connectivity index (χ1v) is 3.44. The summed E-state index contributed by atoms with van der Waals surface area (Å²) in [6, 6.07) is 1.90. The lowest BCUT2D eigenvalue weighted by Gasteiger charge is -2.30. The van der Waals surface area contributed by atoms with E-state index in [1.54, 1.807) is 18.6 Å². The minimum atomic E-state index is -0.210. The number of aromatic nitrogens is 1. The highest BCUT2D eigenvalue weighted by molar-refractivity contribution is 5.59. The molecule has 1 aliphatic rings. The van der Waals surface area contributed by atoms with Crippen LogP contribution in [0.3, 0.4) is 0 Å². The van der Waals surface area contributed by atoms with Gasteiger partial charge in [0.05, 0.1) is 0 Å². The highest BCUT2D eigenvalue weighted by Crippen LogP contribution is 2.25. The molecule has 2 rings (SSSR count). The summed E-state index contributed by atoms with van der Waals surface area (Å²) < 4.78 is 0. The number of nitrogens with zero attached hydrogens (tertiary/aromatic N) is 2. The van der Waals surface area contributed by atoms with Crippen molar-refractivity contribution < 1.29 is 0 Å². The summed E-state index contributed by atoms with van der Waals surface area (Å²) in [5, 5.41) is 4.04. The minimum absolute atomic E-state index is 0.210. The number of nitrogens with two attached hydrogens (primary N) is 1. The van der Waals surface area contributed by atoms with Crippen LogP contribution < -0.4 is 5.73 Å². The summed E-state index contributed by atoms with van der Waals surface area (Å²) in [5.74, 6) is 0. The van der Waals surface area contributed by atoms with E-state index in [9.17, 15) is 0 Å². The quantitative estimate of drug-likeness (QED) is 0.601. The Kier molecular flexibility index (Phi) is 1.36. The molecule has 0 amide bonds. The van der Waals surface area contributed by atoms with Gasteiger partial charge in [-0.25, -0.2) is 0 Å². The molecule has 1 atom stereocenters. The monoisotopic (exact) mass is 146 g/mol. The number of fused-ring (bicyclic) bond motifs is 1. The second-order valence-corrected chi connectivity index (χ2v) is 2.41. The van der Waals surface area contributed by atoms with Crippen LogP contribution in [0.2, 0.25) is 0 Å². The van der Waals surface area contributed by atoms with Crippen LogP contribution >= 0.6 is 0 Å². The van der Waals surface area contributed by atoms with Gasteiger partial charge in [-0.05, 0) is 23.4 Å². The molecule has 3 nitrogen and oxygen atoms in total. The third-order valence-electron chi connectivity index (χ3n) is 1.71. The first-order valence-electron chi connectivity index (χ1n) is 3.44. The zero-order chi connectivity index (χ0) is 7.68. The third kappa shape index (κ3) is 0.991. The van der Waals surface area contributed by atoms with Crippen LogP contribution in [0.15, 0.2) is 24.7 Å². The standard InChI is InChI=1S/C8H8N3/c9-8-7-2-3-10-5-6(7)1-4-11-8/h1-5,8H,9H2/q-1. The van der Waals surface area contributed by atoms with Crippen LogP contribution in [0.25, 0.3) is 11.4 Å². The topological polar surface area (TPSA) is 53.0 Å². The van der Waals surface area contributed by atoms with Gasteiger partial charge in [0.1, 0.15) is 0 Å². The van der Waals surface area contributed by atoms with E-state index in [4.69, 9.17) is 5.73 Å². The van der Waals surface area contributed by atoms with E-state index >= 15 is 0 Å². The molecule has 0 aromatic carbocycles. The van der Waals surface area contributed by atoms with Crippen LogP contribution in [-0.2, 0) is 0 Å². The Morgan fingerprint density at radius 1 is 1.55 bits per heavy atom. The van der Waals surface area contributed by atoms with Gasteiger partial charge >= 0.3 is 0 Å². The molecule has 0 saturated heterocycles. The largest absolute Gasteiger partial charge is 0.673 e. The average molecular weight is 146 g/mol. The van der Waals surface area contributed by atoms with Crippen LogP contribution in [-0.4, -0.2) is 4.98 Å². The van der Waals surface area contributed by atoms with E-state index in [1.807, 2.05) is 12.1 Å². The van der Waals surface area contributed by atoms with Crippen LogP contribution in [0, 0.1) is 0 Å². The lowest BCUT2D eigenvalue weighted by molar-refractivity contribution is 0.864. The molecular weight excluding hydrogens is 138 g/mol. The summed E-state index contributed by atoms with van der Waals surface area (Å²) >= 11 is 0. The van der Waals surface area contributed by atoms with Crippen molar-refractivity contribution in [1.29, 1.82) is 0 Å². The maximum atomic E-state index is 5.70. The van der Waals surface area contributed by atoms with Crippen LogP contribution in [0.1, 0.15) is 17.3 Å². The molecule has 3 heteroatoms. The second-order valence-electron chi connectivity index (χ2n) is 2.41. The fraction of sp³-hybridized carbons (Fsp3) is 0.125. The maximum Gasteiger partial charge on any atom is 0.0342 e. The summed E-state index contributed by atoms with van der Waals surface area (Å²) in [7, 11) is 0. The highest BCUT2D eigenvalue weighted by atomic mass is 15.0. The maximum absolute atomic E-state index is 5.70. The molecule has 0 bridgehead atoms. The average Bonchev–Trinajstić information content (AvgIpc) is 2.06. The predicted octanol–water partition coefficient (Wildman–Crippen LogP) is 1.40. The molecule has 2 heterocycles. The second kappa shape index (κ2) is 2.36. The zero-order valence-corrected chi connectivity index (χ0v) is 5.94. The molecule has 56 valence electrons. The third-order valence-corrected chi connectivity index (χ3v) is 1.71. The van der Waals surface area contributed by atoms with Gasteiger partial charge in [-0.15, -0.1) is 0 Å². The summed E-state index contributed by atoms with van der Waals surface area (Å²) in [6.07, 6.45) is 6.94. The predicted molar refractivity (Wildman–Crippen MR) is 43.6 cm³/mol. The minimum Gasteiger partial charge on any atom is -0.673 e. The number of hydrogen-bond acceptors (Lipinski definition) is 2. The normalized spacial score (nSPS) is 20.6. The van der Waals surface area contributed by atoms with E-state index in [0.717, 1.165) is 11.1 Å². The Bertz CT molecular complexity index is 293. The van der Waals surface area contributed by atoms with Crippen molar-refractivity contribution in [2.24, 2.45) is 5.73 Å². The molecule has 0 radical (unpaired) electrons. The van der Waals surface area contributed by atoms with Gasteiger partial charge in [-0.3, -0.25) is 4.98 Å². The molecule has 0 aliphatic carbocycles. The summed E-state index contributed by atoms with van der Waals surface area (Å²) in [6.45, 7) is 0. The van der Waals surface area contributed by atoms with Crippen molar-refractivity contribution in [3.63, 3.8) is 0 Å². The zero-order valence-electron chi connectivity index (χ0n) is 5.94. The van der Waals surface area contributed by atoms with Crippen molar-refractivity contribution >= 4 is 6.08 Å². The van der Waals surface area contributed by atoms with Gasteiger partial charge in [-0.1, -0.05) is 6.08 Å². The van der Waals surface area contributed by atoms with Crippen molar-refractivity contribution in [1.82, 2.24) is 4.98 Å². The summed E-state index contributed by atoms with van der Waals surface area (Å²) in [5.41, 5.74) is 7.81. The molecule has 1 aromatic heterocycles. The van der Waals surface area contributed by atoms with E-state index in [1.165, 1.54) is 0 Å². The summed E-state index contributed by atoms with van der Waals surface area (Å²) in [4.78, 5) is 3.98. The van der Waals surface area contributed by atoms with Gasteiger partial charge in [-0.2, -0.15) is 6.20 Å². The van der Waals surface area contributed by atoms with Gasteiger partial charge in [0, 0.05) is 12.4 Å². The fourth-order valence-corrected chi connectivity index (χ4v) is 1.12.